The molecule has 1 heterocycles. The predicted molar refractivity (Wildman–Crippen MR) is 41.6 cm³/mol. The maximum absolute atomic E-state index is 5.21. The maximum Gasteiger partial charge on any atom is 0.0477 e. The lowest BCUT2D eigenvalue weighted by atomic mass is 10.0. The summed E-state index contributed by atoms with van der Waals surface area (Å²) in [6, 6.07) is 0. The molecule has 1 rings (SSSR count). The summed E-state index contributed by atoms with van der Waals surface area (Å²) in [7, 11) is 0. The molecule has 0 bridgehead atoms. The predicted octanol–water partition coefficient (Wildman–Crippen LogP) is 1.83. The highest BCUT2D eigenvalue weighted by molar-refractivity contribution is 5.03. The second-order valence-electron chi connectivity index (χ2n) is 2.56. The van der Waals surface area contributed by atoms with Crippen LogP contribution in [0.25, 0.3) is 0 Å². The van der Waals surface area contributed by atoms with Crippen molar-refractivity contribution in [1.82, 2.24) is 0 Å². The fraction of sp³-hybridized carbons (Fsp3) is 0.778. The molecule has 1 heteroatoms. The molecular weight excluding hydrogens is 124 g/mol. The molecule has 1 aliphatic heterocycles. The van der Waals surface area contributed by atoms with Crippen LogP contribution in [-0.2, 0) is 4.74 Å². The van der Waals surface area contributed by atoms with Gasteiger partial charge >= 0.3 is 0 Å². The number of ether oxygens (including phenoxy) is 1. The van der Waals surface area contributed by atoms with Crippen molar-refractivity contribution >= 4 is 0 Å². The Morgan fingerprint density at radius 3 is 2.70 bits per heavy atom. The summed E-state index contributed by atoms with van der Waals surface area (Å²) in [4.78, 5) is 0. The zero-order valence-electron chi connectivity index (χ0n) is 6.52. The van der Waals surface area contributed by atoms with E-state index in [2.05, 4.69) is 18.8 Å². The monoisotopic (exact) mass is 138 g/mol. The molecule has 0 aromatic carbocycles. The summed E-state index contributed by atoms with van der Waals surface area (Å²) in [5.74, 6) is 6.97. The van der Waals surface area contributed by atoms with E-state index >= 15 is 0 Å². The van der Waals surface area contributed by atoms with Gasteiger partial charge in [-0.15, -0.1) is 5.92 Å². The maximum atomic E-state index is 5.21. The van der Waals surface area contributed by atoms with Crippen molar-refractivity contribution in [2.45, 2.75) is 26.2 Å². The van der Waals surface area contributed by atoms with Crippen LogP contribution in [0.5, 0.6) is 0 Å². The van der Waals surface area contributed by atoms with Gasteiger partial charge in [0.15, 0.2) is 0 Å². The highest BCUT2D eigenvalue weighted by Gasteiger charge is 2.09. The molecule has 0 aliphatic carbocycles. The second kappa shape index (κ2) is 4.35. The Morgan fingerprint density at radius 1 is 1.40 bits per heavy atom. The summed E-state index contributed by atoms with van der Waals surface area (Å²) >= 11 is 0. The van der Waals surface area contributed by atoms with Crippen LogP contribution < -0.4 is 0 Å². The highest BCUT2D eigenvalue weighted by atomic mass is 16.5. The lowest BCUT2D eigenvalue weighted by molar-refractivity contribution is 0.0807. The van der Waals surface area contributed by atoms with E-state index in [0.29, 0.717) is 5.92 Å². The average Bonchev–Trinajstić information content (AvgIpc) is 2.03. The highest BCUT2D eigenvalue weighted by Crippen LogP contribution is 2.12. The Bertz CT molecular complexity index is 135. The van der Waals surface area contributed by atoms with Gasteiger partial charge in [-0.2, -0.15) is 0 Å². The molecule has 0 saturated carbocycles. The van der Waals surface area contributed by atoms with E-state index < -0.39 is 0 Å². The molecule has 0 N–H and O–H groups in total. The van der Waals surface area contributed by atoms with Gasteiger partial charge in [0.1, 0.15) is 0 Å². The van der Waals surface area contributed by atoms with Crippen LogP contribution in [0.15, 0.2) is 0 Å². The number of hydrogen-bond donors (Lipinski definition) is 0. The number of hydrogen-bond acceptors (Lipinski definition) is 1. The van der Waals surface area contributed by atoms with Gasteiger partial charge in [0.05, 0.1) is 0 Å². The normalized spacial score (nSPS) is 19.7. The summed E-state index contributed by atoms with van der Waals surface area (Å²) in [5.41, 5.74) is 0. The van der Waals surface area contributed by atoms with E-state index in [1.165, 1.54) is 0 Å². The molecule has 1 aliphatic rings. The van der Waals surface area contributed by atoms with Gasteiger partial charge < -0.3 is 4.74 Å². The third-order valence-corrected chi connectivity index (χ3v) is 1.70. The molecule has 0 amide bonds. The molecule has 0 spiro atoms. The molecule has 0 radical (unpaired) electrons. The molecular formula is C9H14O. The van der Waals surface area contributed by atoms with Gasteiger partial charge in [0, 0.05) is 25.6 Å². The van der Waals surface area contributed by atoms with E-state index in [9.17, 15) is 0 Å². The van der Waals surface area contributed by atoms with E-state index in [1.54, 1.807) is 0 Å². The van der Waals surface area contributed by atoms with Crippen LogP contribution in [0.3, 0.4) is 0 Å². The zero-order chi connectivity index (χ0) is 7.23. The molecule has 0 aromatic heterocycles. The van der Waals surface area contributed by atoms with Gasteiger partial charge in [-0.05, 0) is 12.8 Å². The lowest BCUT2D eigenvalue weighted by Gasteiger charge is -2.16. The van der Waals surface area contributed by atoms with Crippen LogP contribution in [-0.4, -0.2) is 13.2 Å². The average molecular weight is 138 g/mol. The van der Waals surface area contributed by atoms with E-state index in [4.69, 9.17) is 4.74 Å². The topological polar surface area (TPSA) is 9.23 Å². The number of rotatable bonds is 0. The third-order valence-electron chi connectivity index (χ3n) is 1.70. The zero-order valence-corrected chi connectivity index (χ0v) is 6.52. The molecule has 1 nitrogen and oxygen atoms in total. The van der Waals surface area contributed by atoms with E-state index in [-0.39, 0.29) is 0 Å². The van der Waals surface area contributed by atoms with Gasteiger partial charge in [0.25, 0.3) is 0 Å². The first-order valence-corrected chi connectivity index (χ1v) is 3.99. The van der Waals surface area contributed by atoms with Crippen molar-refractivity contribution in [2.75, 3.05) is 13.2 Å². The minimum Gasteiger partial charge on any atom is -0.381 e. The molecule has 0 unspecified atom stereocenters. The van der Waals surface area contributed by atoms with Crippen LogP contribution in [0.4, 0.5) is 0 Å². The van der Waals surface area contributed by atoms with Crippen LogP contribution in [0.1, 0.15) is 26.2 Å². The van der Waals surface area contributed by atoms with Crippen molar-refractivity contribution in [3.63, 3.8) is 0 Å². The Kier molecular flexibility index (Phi) is 3.32. The van der Waals surface area contributed by atoms with Crippen LogP contribution >= 0.6 is 0 Å². The molecule has 1 fully saturated rings. The summed E-state index contributed by atoms with van der Waals surface area (Å²) in [6.45, 7) is 3.90. The van der Waals surface area contributed by atoms with Crippen molar-refractivity contribution in [2.24, 2.45) is 5.92 Å². The molecule has 56 valence electrons. The first-order valence-electron chi connectivity index (χ1n) is 3.99. The molecule has 1 saturated heterocycles. The van der Waals surface area contributed by atoms with Crippen LogP contribution in [0.2, 0.25) is 0 Å². The standard InChI is InChI=1S/C9H14O/c1-2-3-4-9-5-7-10-8-6-9/h9H,2,5-8H2,1H3. The van der Waals surface area contributed by atoms with E-state index in [1.807, 2.05) is 0 Å². The minimum atomic E-state index is 0.619. The van der Waals surface area contributed by atoms with Crippen molar-refractivity contribution < 1.29 is 4.74 Å². The smallest absolute Gasteiger partial charge is 0.0477 e. The van der Waals surface area contributed by atoms with Crippen molar-refractivity contribution in [3.05, 3.63) is 0 Å². The Labute approximate surface area is 62.8 Å². The summed E-state index contributed by atoms with van der Waals surface area (Å²) in [6.07, 6.45) is 3.25. The minimum absolute atomic E-state index is 0.619. The van der Waals surface area contributed by atoms with Crippen LogP contribution in [0, 0.1) is 17.8 Å². The van der Waals surface area contributed by atoms with Gasteiger partial charge in [-0.25, -0.2) is 0 Å². The van der Waals surface area contributed by atoms with Crippen molar-refractivity contribution in [1.29, 1.82) is 0 Å². The quantitative estimate of drug-likeness (QED) is 0.464. The fourth-order valence-electron chi connectivity index (χ4n) is 1.09. The molecule has 0 aromatic rings. The first kappa shape index (κ1) is 7.63. The Balaban J connectivity index is 2.25. The summed E-state index contributed by atoms with van der Waals surface area (Å²) < 4.78 is 5.21. The summed E-state index contributed by atoms with van der Waals surface area (Å²) in [5, 5.41) is 0. The molecule has 10 heavy (non-hydrogen) atoms. The Hall–Kier alpha value is -0.480. The van der Waals surface area contributed by atoms with E-state index in [0.717, 1.165) is 32.5 Å². The van der Waals surface area contributed by atoms with Gasteiger partial charge in [0.2, 0.25) is 0 Å². The first-order chi connectivity index (χ1) is 4.93. The van der Waals surface area contributed by atoms with Gasteiger partial charge in [-0.3, -0.25) is 0 Å². The van der Waals surface area contributed by atoms with Gasteiger partial charge in [-0.1, -0.05) is 12.8 Å². The molecule has 0 atom stereocenters. The Morgan fingerprint density at radius 2 is 2.10 bits per heavy atom. The fourth-order valence-corrected chi connectivity index (χ4v) is 1.09. The van der Waals surface area contributed by atoms with Crippen molar-refractivity contribution in [3.8, 4) is 11.8 Å². The second-order valence-corrected chi connectivity index (χ2v) is 2.56. The SMILES string of the molecule is CCC#CC1CCOCC1. The third kappa shape index (κ3) is 2.41. The largest absolute Gasteiger partial charge is 0.381 e. The lowest BCUT2D eigenvalue weighted by Crippen LogP contribution is -2.13.